The third-order valence-corrected chi connectivity index (χ3v) is 2.98. The monoisotopic (exact) mass is 258 g/mol. The molecule has 96 valence electrons. The predicted molar refractivity (Wildman–Crippen MR) is 67.5 cm³/mol. The molecular weight excluding hydrogens is 240 g/mol. The molecule has 1 heterocycles. The topological polar surface area (TPSA) is 44.2 Å². The van der Waals surface area contributed by atoms with Crippen LogP contribution < -0.4 is 4.74 Å². The fourth-order valence-electron chi connectivity index (χ4n) is 1.16. The first-order valence-corrected chi connectivity index (χ1v) is 6.08. The van der Waals surface area contributed by atoms with Crippen LogP contribution in [0, 0.1) is 6.92 Å². The maximum absolute atomic E-state index is 5.73. The summed E-state index contributed by atoms with van der Waals surface area (Å²) in [7, 11) is 1.69. The van der Waals surface area contributed by atoms with Gasteiger partial charge in [0.25, 0.3) is 0 Å². The number of aromatic nitrogens is 2. The number of rotatable bonds is 6. The molecule has 0 aliphatic heterocycles. The molecule has 4 nitrogen and oxygen atoms in total. The van der Waals surface area contributed by atoms with E-state index in [1.807, 2.05) is 20.8 Å². The maximum atomic E-state index is 5.73. The van der Waals surface area contributed by atoms with Crippen molar-refractivity contribution >= 4 is 11.6 Å². The summed E-state index contributed by atoms with van der Waals surface area (Å²) in [6, 6.07) is 0.392. The van der Waals surface area contributed by atoms with Gasteiger partial charge in [0.1, 0.15) is 0 Å². The lowest BCUT2D eigenvalue weighted by Crippen LogP contribution is -2.25. The highest BCUT2D eigenvalue weighted by molar-refractivity contribution is 6.17. The van der Waals surface area contributed by atoms with E-state index in [-0.39, 0.29) is 5.60 Å². The van der Waals surface area contributed by atoms with E-state index in [2.05, 4.69) is 9.97 Å². The molecule has 1 aromatic heterocycles. The number of halogens is 1. The standard InChI is InChI=1S/C12H19ClN2O2/c1-9-10(7-13)8-14-11(15-9)17-6-5-12(2,3)16-4/h8H,5-7H2,1-4H3. The van der Waals surface area contributed by atoms with Crippen LogP contribution in [-0.2, 0) is 10.6 Å². The molecule has 0 saturated heterocycles. The maximum Gasteiger partial charge on any atom is 0.316 e. The molecule has 0 saturated carbocycles. The van der Waals surface area contributed by atoms with E-state index >= 15 is 0 Å². The average molecular weight is 259 g/mol. The Morgan fingerprint density at radius 3 is 2.65 bits per heavy atom. The Bertz CT molecular complexity index is 370. The minimum Gasteiger partial charge on any atom is -0.463 e. The van der Waals surface area contributed by atoms with E-state index in [1.165, 1.54) is 0 Å². The Labute approximate surface area is 107 Å². The van der Waals surface area contributed by atoms with Crippen LogP contribution in [0.5, 0.6) is 6.01 Å². The molecule has 0 atom stereocenters. The molecule has 1 aromatic rings. The van der Waals surface area contributed by atoms with E-state index in [4.69, 9.17) is 21.1 Å². The van der Waals surface area contributed by atoms with Gasteiger partial charge >= 0.3 is 6.01 Å². The highest BCUT2D eigenvalue weighted by Crippen LogP contribution is 2.14. The van der Waals surface area contributed by atoms with Crippen LogP contribution in [0.4, 0.5) is 0 Å². The predicted octanol–water partition coefficient (Wildman–Crippen LogP) is 2.72. The molecule has 0 aliphatic carbocycles. The lowest BCUT2D eigenvalue weighted by Gasteiger charge is -2.22. The average Bonchev–Trinajstić information content (AvgIpc) is 2.29. The molecule has 0 aliphatic rings. The van der Waals surface area contributed by atoms with E-state index in [0.717, 1.165) is 17.7 Å². The minimum atomic E-state index is -0.189. The van der Waals surface area contributed by atoms with Gasteiger partial charge in [-0.15, -0.1) is 11.6 Å². The quantitative estimate of drug-likeness (QED) is 0.736. The van der Waals surface area contributed by atoms with Gasteiger partial charge in [0.05, 0.1) is 18.1 Å². The largest absolute Gasteiger partial charge is 0.463 e. The van der Waals surface area contributed by atoms with Crippen molar-refractivity contribution in [2.24, 2.45) is 0 Å². The van der Waals surface area contributed by atoms with Crippen molar-refractivity contribution in [1.29, 1.82) is 0 Å². The molecule has 0 radical (unpaired) electrons. The van der Waals surface area contributed by atoms with Gasteiger partial charge in [-0.25, -0.2) is 9.97 Å². The zero-order valence-electron chi connectivity index (χ0n) is 10.8. The second kappa shape index (κ2) is 6.17. The van der Waals surface area contributed by atoms with Gasteiger partial charge in [-0.05, 0) is 20.8 Å². The van der Waals surface area contributed by atoms with Crippen molar-refractivity contribution < 1.29 is 9.47 Å². The van der Waals surface area contributed by atoms with Gasteiger partial charge < -0.3 is 9.47 Å². The summed E-state index contributed by atoms with van der Waals surface area (Å²) in [4.78, 5) is 8.33. The van der Waals surface area contributed by atoms with E-state index in [1.54, 1.807) is 13.3 Å². The Kier molecular flexibility index (Phi) is 5.15. The van der Waals surface area contributed by atoms with E-state index in [0.29, 0.717) is 18.5 Å². The summed E-state index contributed by atoms with van der Waals surface area (Å²) >= 11 is 5.73. The highest BCUT2D eigenvalue weighted by Gasteiger charge is 2.16. The van der Waals surface area contributed by atoms with E-state index < -0.39 is 0 Å². The molecule has 1 rings (SSSR count). The molecule has 0 N–H and O–H groups in total. The third kappa shape index (κ3) is 4.48. The second-order valence-electron chi connectivity index (χ2n) is 4.46. The zero-order chi connectivity index (χ0) is 12.9. The fraction of sp³-hybridized carbons (Fsp3) is 0.667. The molecule has 0 amide bonds. The van der Waals surface area contributed by atoms with Gasteiger partial charge in [0.15, 0.2) is 0 Å². The first-order valence-electron chi connectivity index (χ1n) is 5.55. The van der Waals surface area contributed by atoms with Crippen molar-refractivity contribution in [3.05, 3.63) is 17.5 Å². The molecule has 0 bridgehead atoms. The van der Waals surface area contributed by atoms with Crippen molar-refractivity contribution in [2.75, 3.05) is 13.7 Å². The minimum absolute atomic E-state index is 0.189. The molecular formula is C12H19ClN2O2. The smallest absolute Gasteiger partial charge is 0.316 e. The van der Waals surface area contributed by atoms with Crippen molar-refractivity contribution in [3.63, 3.8) is 0 Å². The Balaban J connectivity index is 2.50. The molecule has 17 heavy (non-hydrogen) atoms. The van der Waals surface area contributed by atoms with Crippen LogP contribution >= 0.6 is 11.6 Å². The lowest BCUT2D eigenvalue weighted by atomic mass is 10.1. The summed E-state index contributed by atoms with van der Waals surface area (Å²) in [5.41, 5.74) is 1.60. The number of ether oxygens (including phenoxy) is 2. The number of hydrogen-bond donors (Lipinski definition) is 0. The van der Waals surface area contributed by atoms with Crippen LogP contribution in [-0.4, -0.2) is 29.3 Å². The first kappa shape index (κ1) is 14.2. The number of aryl methyl sites for hydroxylation is 1. The van der Waals surface area contributed by atoms with Crippen LogP contribution in [0.25, 0.3) is 0 Å². The van der Waals surface area contributed by atoms with Crippen molar-refractivity contribution in [3.8, 4) is 6.01 Å². The summed E-state index contributed by atoms with van der Waals surface area (Å²) in [6.45, 7) is 6.45. The number of methoxy groups -OCH3 is 1. The van der Waals surface area contributed by atoms with Gasteiger partial charge in [-0.3, -0.25) is 0 Å². The van der Waals surface area contributed by atoms with Crippen LogP contribution in [0.15, 0.2) is 6.20 Å². The molecule has 5 heteroatoms. The fourth-order valence-corrected chi connectivity index (χ4v) is 1.42. The van der Waals surface area contributed by atoms with Gasteiger partial charge in [-0.2, -0.15) is 0 Å². The van der Waals surface area contributed by atoms with Gasteiger partial charge in [0.2, 0.25) is 0 Å². The highest BCUT2D eigenvalue weighted by atomic mass is 35.5. The zero-order valence-corrected chi connectivity index (χ0v) is 11.5. The van der Waals surface area contributed by atoms with Gasteiger partial charge in [0, 0.05) is 31.0 Å². The summed E-state index contributed by atoms with van der Waals surface area (Å²) in [6.07, 6.45) is 2.48. The molecule has 0 unspecified atom stereocenters. The molecule has 0 spiro atoms. The van der Waals surface area contributed by atoms with Crippen molar-refractivity contribution in [1.82, 2.24) is 9.97 Å². The number of hydrogen-bond acceptors (Lipinski definition) is 4. The van der Waals surface area contributed by atoms with Crippen LogP contribution in [0.2, 0.25) is 0 Å². The Morgan fingerprint density at radius 1 is 1.41 bits per heavy atom. The van der Waals surface area contributed by atoms with Crippen LogP contribution in [0.3, 0.4) is 0 Å². The van der Waals surface area contributed by atoms with E-state index in [9.17, 15) is 0 Å². The SMILES string of the molecule is COC(C)(C)CCOc1ncc(CCl)c(C)n1. The summed E-state index contributed by atoms with van der Waals surface area (Å²) in [5.74, 6) is 0.419. The molecule has 0 aromatic carbocycles. The molecule has 0 fully saturated rings. The Morgan fingerprint density at radius 2 is 2.12 bits per heavy atom. The second-order valence-corrected chi connectivity index (χ2v) is 4.73. The third-order valence-electron chi connectivity index (χ3n) is 2.69. The van der Waals surface area contributed by atoms with Crippen molar-refractivity contribution in [2.45, 2.75) is 38.7 Å². The lowest BCUT2D eigenvalue weighted by molar-refractivity contribution is 0.00465. The first-order chi connectivity index (χ1) is 7.98. The van der Waals surface area contributed by atoms with Crippen LogP contribution in [0.1, 0.15) is 31.5 Å². The normalized spacial score (nSPS) is 11.6. The Hall–Kier alpha value is -0.870. The summed E-state index contributed by atoms with van der Waals surface area (Å²) in [5, 5.41) is 0. The number of nitrogens with zero attached hydrogens (tertiary/aromatic N) is 2. The summed E-state index contributed by atoms with van der Waals surface area (Å²) < 4.78 is 10.8. The van der Waals surface area contributed by atoms with Gasteiger partial charge in [-0.1, -0.05) is 0 Å². The number of alkyl halides is 1.